The summed E-state index contributed by atoms with van der Waals surface area (Å²) in [4.78, 5) is 27.4. The number of piperazine rings is 1. The minimum absolute atomic E-state index is 0.0240. The molecule has 0 saturated carbocycles. The van der Waals surface area contributed by atoms with Gasteiger partial charge in [-0.25, -0.2) is 8.42 Å². The average Bonchev–Trinajstić information content (AvgIpc) is 2.54. The van der Waals surface area contributed by atoms with Gasteiger partial charge in [-0.3, -0.25) is 9.59 Å². The van der Waals surface area contributed by atoms with E-state index in [1.54, 1.807) is 6.92 Å². The Balaban J connectivity index is 2.13. The molecule has 2 heterocycles. The third-order valence-corrected chi connectivity index (χ3v) is 7.04. The minimum atomic E-state index is -3.38. The van der Waals surface area contributed by atoms with Crippen LogP contribution in [0, 0.1) is 0 Å². The lowest BCUT2D eigenvalue weighted by Crippen LogP contribution is -2.57. The summed E-state index contributed by atoms with van der Waals surface area (Å²) in [6.45, 7) is 4.16. The molecule has 2 aliphatic rings. The fraction of sp³-hybridized carbons (Fsp3) is 0.833. The number of amides is 2. The lowest BCUT2D eigenvalue weighted by atomic mass is 10.3. The zero-order valence-corrected chi connectivity index (χ0v) is 13.7. The summed E-state index contributed by atoms with van der Waals surface area (Å²) in [6.07, 6.45) is 0. The molecule has 0 aromatic carbocycles. The first kappa shape index (κ1) is 16.6. The predicted molar refractivity (Wildman–Crippen MR) is 81.7 cm³/mol. The number of nitrogens with one attached hydrogen (secondary N) is 1. The van der Waals surface area contributed by atoms with Crippen molar-refractivity contribution in [2.75, 3.05) is 50.0 Å². The molecule has 2 fully saturated rings. The van der Waals surface area contributed by atoms with E-state index in [2.05, 4.69) is 5.32 Å². The molecule has 0 bridgehead atoms. The molecule has 120 valence electrons. The van der Waals surface area contributed by atoms with Crippen molar-refractivity contribution in [2.45, 2.75) is 12.3 Å². The summed E-state index contributed by atoms with van der Waals surface area (Å²) in [5.74, 6) is -0.282. The van der Waals surface area contributed by atoms with E-state index < -0.39 is 27.0 Å². The fourth-order valence-corrected chi connectivity index (χ4v) is 5.40. The van der Waals surface area contributed by atoms with Gasteiger partial charge in [0.25, 0.3) is 0 Å². The molecular formula is C12H21N3O4S2. The number of hydrogen-bond donors (Lipinski definition) is 1. The number of carbonyl (C=O) groups is 2. The molecule has 1 atom stereocenters. The van der Waals surface area contributed by atoms with Gasteiger partial charge >= 0.3 is 11.8 Å². The van der Waals surface area contributed by atoms with Gasteiger partial charge in [-0.1, -0.05) is 6.92 Å². The Morgan fingerprint density at radius 1 is 1.19 bits per heavy atom. The highest BCUT2D eigenvalue weighted by molar-refractivity contribution is 8.01. The molecule has 1 unspecified atom stereocenters. The number of thioether (sulfide) groups is 1. The van der Waals surface area contributed by atoms with Gasteiger partial charge in [0.1, 0.15) is 5.37 Å². The molecule has 7 nitrogen and oxygen atoms in total. The summed E-state index contributed by atoms with van der Waals surface area (Å²) in [6, 6.07) is 0. The maximum atomic E-state index is 12.4. The van der Waals surface area contributed by atoms with Crippen molar-refractivity contribution >= 4 is 33.4 Å². The lowest BCUT2D eigenvalue weighted by Gasteiger charge is -2.36. The van der Waals surface area contributed by atoms with E-state index in [0.29, 0.717) is 44.2 Å². The van der Waals surface area contributed by atoms with Crippen molar-refractivity contribution < 1.29 is 18.0 Å². The van der Waals surface area contributed by atoms with Gasteiger partial charge in [0.15, 0.2) is 9.84 Å². The Morgan fingerprint density at radius 3 is 2.48 bits per heavy atom. The van der Waals surface area contributed by atoms with Crippen LogP contribution in [0.1, 0.15) is 6.92 Å². The van der Waals surface area contributed by atoms with E-state index in [0.717, 1.165) is 0 Å². The van der Waals surface area contributed by atoms with E-state index >= 15 is 0 Å². The zero-order chi connectivity index (χ0) is 15.5. The first-order valence-electron chi connectivity index (χ1n) is 7.07. The van der Waals surface area contributed by atoms with Crippen LogP contribution in [-0.2, 0) is 19.4 Å². The summed E-state index contributed by atoms with van der Waals surface area (Å²) < 4.78 is 24.3. The highest BCUT2D eigenvalue weighted by atomic mass is 32.2. The Kier molecular flexibility index (Phi) is 5.50. The maximum Gasteiger partial charge on any atom is 0.313 e. The van der Waals surface area contributed by atoms with Gasteiger partial charge in [0, 0.05) is 50.0 Å². The lowest BCUT2D eigenvalue weighted by molar-refractivity contribution is -0.152. The van der Waals surface area contributed by atoms with Crippen molar-refractivity contribution in [1.29, 1.82) is 0 Å². The van der Waals surface area contributed by atoms with Crippen molar-refractivity contribution in [1.82, 2.24) is 15.1 Å². The van der Waals surface area contributed by atoms with Gasteiger partial charge in [0.05, 0.1) is 0 Å². The number of rotatable bonds is 2. The molecule has 0 aromatic heterocycles. The predicted octanol–water partition coefficient (Wildman–Crippen LogP) is -1.25. The van der Waals surface area contributed by atoms with E-state index in [1.165, 1.54) is 21.6 Å². The van der Waals surface area contributed by atoms with Crippen molar-refractivity contribution in [3.8, 4) is 0 Å². The van der Waals surface area contributed by atoms with Gasteiger partial charge < -0.3 is 15.1 Å². The maximum absolute atomic E-state index is 12.4. The first-order chi connectivity index (χ1) is 9.97. The Labute approximate surface area is 129 Å². The van der Waals surface area contributed by atoms with Crippen LogP contribution >= 0.6 is 11.8 Å². The Hall–Kier alpha value is -0.800. The highest BCUT2D eigenvalue weighted by Gasteiger charge is 2.39. The summed E-state index contributed by atoms with van der Waals surface area (Å²) >= 11 is 1.51. The molecule has 2 aliphatic heterocycles. The van der Waals surface area contributed by atoms with E-state index in [1.807, 2.05) is 0 Å². The number of carbonyl (C=O) groups excluding carboxylic acids is 2. The normalized spacial score (nSPS) is 24.0. The van der Waals surface area contributed by atoms with Gasteiger partial charge in [-0.15, -0.1) is 0 Å². The molecule has 0 radical (unpaired) electrons. The second-order valence-corrected chi connectivity index (χ2v) is 8.62. The number of hydrogen-bond acceptors (Lipinski definition) is 6. The Morgan fingerprint density at radius 2 is 1.86 bits per heavy atom. The van der Waals surface area contributed by atoms with E-state index in [9.17, 15) is 18.0 Å². The third-order valence-electron chi connectivity index (χ3n) is 3.75. The van der Waals surface area contributed by atoms with Crippen LogP contribution in [0.5, 0.6) is 0 Å². The summed E-state index contributed by atoms with van der Waals surface area (Å²) in [5.41, 5.74) is 0. The van der Waals surface area contributed by atoms with Crippen LogP contribution in [0.15, 0.2) is 0 Å². The van der Waals surface area contributed by atoms with Crippen LogP contribution in [0.2, 0.25) is 0 Å². The van der Waals surface area contributed by atoms with Crippen molar-refractivity contribution in [2.24, 2.45) is 0 Å². The van der Waals surface area contributed by atoms with Gasteiger partial charge in [-0.05, 0) is 0 Å². The van der Waals surface area contributed by atoms with Crippen LogP contribution < -0.4 is 5.32 Å². The Bertz CT molecular complexity index is 503. The second kappa shape index (κ2) is 6.97. The third kappa shape index (κ3) is 3.70. The fourth-order valence-electron chi connectivity index (χ4n) is 2.43. The second-order valence-electron chi connectivity index (χ2n) is 5.02. The molecule has 2 amide bonds. The average molecular weight is 335 g/mol. The quantitative estimate of drug-likeness (QED) is 0.635. The van der Waals surface area contributed by atoms with E-state index in [-0.39, 0.29) is 5.75 Å². The number of nitrogens with zero attached hydrogens (tertiary/aromatic N) is 2. The van der Waals surface area contributed by atoms with E-state index in [4.69, 9.17) is 0 Å². The van der Waals surface area contributed by atoms with Crippen molar-refractivity contribution in [3.05, 3.63) is 0 Å². The highest BCUT2D eigenvalue weighted by Crippen LogP contribution is 2.22. The van der Waals surface area contributed by atoms with Gasteiger partial charge in [-0.2, -0.15) is 11.8 Å². The number of sulfone groups is 1. The zero-order valence-electron chi connectivity index (χ0n) is 12.1. The van der Waals surface area contributed by atoms with Crippen molar-refractivity contribution in [3.63, 3.8) is 0 Å². The molecule has 1 N–H and O–H groups in total. The molecule has 9 heteroatoms. The molecular weight excluding hydrogens is 314 g/mol. The molecule has 0 aliphatic carbocycles. The smallest absolute Gasteiger partial charge is 0.313 e. The molecule has 2 saturated heterocycles. The summed E-state index contributed by atoms with van der Waals surface area (Å²) in [5, 5.41) is 2.24. The standard InChI is InChI=1S/C12H21N3O4S2/c1-2-21(18,19)10-9-20-8-7-15(10)12(17)11(16)14-5-3-13-4-6-14/h10,13H,2-9H2,1H3. The molecule has 0 aromatic rings. The van der Waals surface area contributed by atoms with Crippen LogP contribution in [0.3, 0.4) is 0 Å². The molecule has 0 spiro atoms. The van der Waals surface area contributed by atoms with Gasteiger partial charge in [0.2, 0.25) is 0 Å². The largest absolute Gasteiger partial charge is 0.332 e. The topological polar surface area (TPSA) is 86.8 Å². The van der Waals surface area contributed by atoms with Crippen LogP contribution in [0.4, 0.5) is 0 Å². The molecule has 21 heavy (non-hydrogen) atoms. The minimum Gasteiger partial charge on any atom is -0.332 e. The van der Waals surface area contributed by atoms with Crippen LogP contribution in [-0.4, -0.2) is 85.4 Å². The molecule has 2 rings (SSSR count). The monoisotopic (exact) mass is 335 g/mol. The van der Waals surface area contributed by atoms with Crippen LogP contribution in [0.25, 0.3) is 0 Å². The SMILES string of the molecule is CCS(=O)(=O)C1CSCCN1C(=O)C(=O)N1CCNCC1. The first-order valence-corrected chi connectivity index (χ1v) is 9.94. The summed E-state index contributed by atoms with van der Waals surface area (Å²) in [7, 11) is -3.38.